The molecule has 0 aliphatic heterocycles. The van der Waals surface area contributed by atoms with E-state index >= 15 is 0 Å². The summed E-state index contributed by atoms with van der Waals surface area (Å²) >= 11 is 5.81. The highest BCUT2D eigenvalue weighted by molar-refractivity contribution is 6.30. The SMILES string of the molecule is CC(C)C(O)(Cn1cncn1)c1ccc(Oc2ccc(Cl)cc2)cc1C(F)(F)F.CO/C=C(/C(=O)OC)c1ccccc1COc1cccc(C(F)(F)F)n1. The Kier molecular flexibility index (Phi) is 13.9. The maximum absolute atomic E-state index is 13.9. The highest BCUT2D eigenvalue weighted by atomic mass is 35.5. The Hall–Kier alpha value is -5.61. The van der Waals surface area contributed by atoms with E-state index in [0.29, 0.717) is 21.9 Å². The van der Waals surface area contributed by atoms with Crippen LogP contribution < -0.4 is 9.47 Å². The van der Waals surface area contributed by atoms with Crippen molar-refractivity contribution in [3.8, 4) is 17.4 Å². The Morgan fingerprint density at radius 1 is 0.891 bits per heavy atom. The lowest BCUT2D eigenvalue weighted by Crippen LogP contribution is -2.39. The van der Waals surface area contributed by atoms with Crippen molar-refractivity contribution in [2.24, 2.45) is 5.92 Å². The van der Waals surface area contributed by atoms with Crippen molar-refractivity contribution in [1.82, 2.24) is 19.7 Å². The zero-order valence-electron chi connectivity index (χ0n) is 29.7. The van der Waals surface area contributed by atoms with E-state index in [4.69, 9.17) is 30.5 Å². The summed E-state index contributed by atoms with van der Waals surface area (Å²) in [5.41, 5.74) is -2.89. The average molecular weight is 793 g/mol. The van der Waals surface area contributed by atoms with Gasteiger partial charge in [0.2, 0.25) is 5.88 Å². The van der Waals surface area contributed by atoms with Crippen LogP contribution in [0.15, 0.2) is 104 Å². The van der Waals surface area contributed by atoms with Crippen LogP contribution in [0.3, 0.4) is 0 Å². The first-order valence-corrected chi connectivity index (χ1v) is 16.6. The van der Waals surface area contributed by atoms with Gasteiger partial charge in [-0.3, -0.25) is 0 Å². The summed E-state index contributed by atoms with van der Waals surface area (Å²) in [6.07, 6.45) is -5.42. The summed E-state index contributed by atoms with van der Waals surface area (Å²) in [7, 11) is 2.62. The first kappa shape index (κ1) is 42.1. The van der Waals surface area contributed by atoms with E-state index in [1.165, 1.54) is 62.1 Å². The van der Waals surface area contributed by atoms with E-state index in [9.17, 15) is 36.2 Å². The second-order valence-electron chi connectivity index (χ2n) is 12.0. The molecule has 1 atom stereocenters. The van der Waals surface area contributed by atoms with E-state index in [0.717, 1.165) is 12.1 Å². The zero-order chi connectivity index (χ0) is 40.4. The molecule has 0 saturated carbocycles. The highest BCUT2D eigenvalue weighted by Crippen LogP contribution is 2.43. The number of aliphatic hydroxyl groups is 1. The molecule has 1 unspecified atom stereocenters. The molecule has 0 spiro atoms. The van der Waals surface area contributed by atoms with Gasteiger partial charge in [-0.25, -0.2) is 19.4 Å². The molecule has 0 saturated heterocycles. The number of pyridine rings is 1. The van der Waals surface area contributed by atoms with E-state index in [1.807, 2.05) is 0 Å². The number of rotatable bonds is 12. The number of methoxy groups -OCH3 is 2. The van der Waals surface area contributed by atoms with Crippen molar-refractivity contribution < 1.29 is 55.2 Å². The monoisotopic (exact) mass is 792 g/mol. The van der Waals surface area contributed by atoms with Crippen LogP contribution in [0.2, 0.25) is 5.02 Å². The number of carbonyl (C=O) groups excluding carboxylic acids is 1. The van der Waals surface area contributed by atoms with Crippen LogP contribution in [0, 0.1) is 5.92 Å². The minimum Gasteiger partial charge on any atom is -0.503 e. The lowest BCUT2D eigenvalue weighted by atomic mass is 9.80. The molecule has 0 bridgehead atoms. The number of halogens is 7. The molecule has 5 rings (SSSR count). The molecule has 2 heterocycles. The second-order valence-corrected chi connectivity index (χ2v) is 12.4. The van der Waals surface area contributed by atoms with Crippen LogP contribution in [0.1, 0.15) is 41.8 Å². The minimum absolute atomic E-state index is 0.00439. The Labute approximate surface area is 316 Å². The van der Waals surface area contributed by atoms with E-state index in [2.05, 4.69) is 15.1 Å². The number of aromatic nitrogens is 4. The number of benzene rings is 3. The summed E-state index contributed by atoms with van der Waals surface area (Å²) in [5.74, 6) is -0.982. The van der Waals surface area contributed by atoms with Gasteiger partial charge >= 0.3 is 18.3 Å². The second kappa shape index (κ2) is 18.1. The number of carbonyl (C=O) groups is 1. The van der Waals surface area contributed by atoms with Crippen LogP contribution in [0.4, 0.5) is 26.3 Å². The molecular formula is C38H35ClF6N4O6. The molecule has 0 radical (unpaired) electrons. The molecule has 0 aliphatic rings. The van der Waals surface area contributed by atoms with Crippen LogP contribution in [0.5, 0.6) is 17.4 Å². The van der Waals surface area contributed by atoms with Crippen LogP contribution in [0.25, 0.3) is 5.57 Å². The van der Waals surface area contributed by atoms with Crippen molar-refractivity contribution in [3.05, 3.63) is 137 Å². The van der Waals surface area contributed by atoms with Gasteiger partial charge < -0.3 is 24.1 Å². The summed E-state index contributed by atoms with van der Waals surface area (Å²) in [5, 5.41) is 15.6. The fraction of sp³-hybridized carbons (Fsp3) is 0.263. The van der Waals surface area contributed by atoms with Crippen LogP contribution in [-0.2, 0) is 45.4 Å². The average Bonchev–Trinajstić information content (AvgIpc) is 3.66. The van der Waals surface area contributed by atoms with Gasteiger partial charge in [-0.2, -0.15) is 31.4 Å². The molecule has 10 nitrogen and oxygen atoms in total. The maximum Gasteiger partial charge on any atom is 0.433 e. The van der Waals surface area contributed by atoms with Gasteiger partial charge in [-0.15, -0.1) is 0 Å². The Morgan fingerprint density at radius 3 is 2.18 bits per heavy atom. The smallest absolute Gasteiger partial charge is 0.433 e. The van der Waals surface area contributed by atoms with Gasteiger partial charge in [0.15, 0.2) is 0 Å². The van der Waals surface area contributed by atoms with Crippen molar-refractivity contribution in [1.29, 1.82) is 0 Å². The Morgan fingerprint density at radius 2 is 1.58 bits per heavy atom. The summed E-state index contributed by atoms with van der Waals surface area (Å²) < 4.78 is 102. The van der Waals surface area contributed by atoms with Crippen LogP contribution >= 0.6 is 11.6 Å². The van der Waals surface area contributed by atoms with E-state index in [1.54, 1.807) is 62.4 Å². The molecule has 0 amide bonds. The van der Waals surface area contributed by atoms with Gasteiger partial charge in [0, 0.05) is 11.1 Å². The molecule has 17 heteroatoms. The Balaban J connectivity index is 0.000000246. The third-order valence-corrected chi connectivity index (χ3v) is 8.23. The zero-order valence-corrected chi connectivity index (χ0v) is 30.5. The van der Waals surface area contributed by atoms with Gasteiger partial charge in [0.25, 0.3) is 0 Å². The van der Waals surface area contributed by atoms with Gasteiger partial charge in [0.1, 0.15) is 47.6 Å². The molecule has 3 aromatic carbocycles. The topological polar surface area (TPSA) is 118 Å². The molecule has 0 fully saturated rings. The lowest BCUT2D eigenvalue weighted by molar-refractivity contribution is -0.142. The van der Waals surface area contributed by atoms with Crippen molar-refractivity contribution in [2.45, 2.75) is 45.0 Å². The number of nitrogens with zero attached hydrogens (tertiary/aromatic N) is 4. The van der Waals surface area contributed by atoms with E-state index in [-0.39, 0.29) is 35.9 Å². The quantitative estimate of drug-likeness (QED) is 0.0571. The van der Waals surface area contributed by atoms with Gasteiger partial charge in [0.05, 0.1) is 32.6 Å². The molecular weight excluding hydrogens is 758 g/mol. The van der Waals surface area contributed by atoms with Crippen LogP contribution in [-0.4, -0.2) is 45.0 Å². The standard InChI is InChI=1S/C20H19ClF3N3O2.C18H16F3NO4/c1-13(2)19(28,10-27-12-25-11-26-27)17-8-7-16(9-18(17)20(22,23)24)29-15-5-3-14(21)4-6-15;1-24-11-14(17(23)25-2)13-7-4-3-6-12(13)10-26-16-9-5-8-15(22-16)18(19,20)21/h3-9,11-13,28H,10H2,1-2H3;3-9,11H,10H2,1-2H3/b;14-11+. The molecule has 292 valence electrons. The first-order chi connectivity index (χ1) is 26.0. The highest BCUT2D eigenvalue weighted by Gasteiger charge is 2.43. The number of alkyl halides is 6. The summed E-state index contributed by atoms with van der Waals surface area (Å²) in [6, 6.07) is 19.9. The van der Waals surface area contributed by atoms with Gasteiger partial charge in [-0.1, -0.05) is 61.8 Å². The summed E-state index contributed by atoms with van der Waals surface area (Å²) in [4.78, 5) is 19.2. The number of esters is 1. The predicted molar refractivity (Wildman–Crippen MR) is 189 cm³/mol. The number of hydrogen-bond donors (Lipinski definition) is 1. The molecule has 2 aromatic heterocycles. The fourth-order valence-electron chi connectivity index (χ4n) is 5.14. The largest absolute Gasteiger partial charge is 0.503 e. The van der Waals surface area contributed by atoms with Gasteiger partial charge in [-0.05, 0) is 65.1 Å². The molecule has 5 aromatic rings. The normalized spacial score (nSPS) is 13.0. The third kappa shape index (κ3) is 11.2. The molecule has 1 N–H and O–H groups in total. The number of ether oxygens (including phenoxy) is 4. The summed E-state index contributed by atoms with van der Waals surface area (Å²) in [6.45, 7) is 3.03. The number of hydrogen-bond acceptors (Lipinski definition) is 9. The van der Waals surface area contributed by atoms with Crippen molar-refractivity contribution in [3.63, 3.8) is 0 Å². The predicted octanol–water partition coefficient (Wildman–Crippen LogP) is 9.13. The minimum atomic E-state index is -4.69. The maximum atomic E-state index is 13.9. The lowest BCUT2D eigenvalue weighted by Gasteiger charge is -2.34. The molecule has 55 heavy (non-hydrogen) atoms. The fourth-order valence-corrected chi connectivity index (χ4v) is 5.27. The third-order valence-electron chi connectivity index (χ3n) is 7.98. The van der Waals surface area contributed by atoms with Crippen molar-refractivity contribution in [2.75, 3.05) is 14.2 Å². The first-order valence-electron chi connectivity index (χ1n) is 16.2. The van der Waals surface area contributed by atoms with Crippen molar-refractivity contribution >= 4 is 23.1 Å². The molecule has 0 aliphatic carbocycles. The Bertz CT molecular complexity index is 2060. The van der Waals surface area contributed by atoms with E-state index < -0.39 is 41.1 Å².